The first kappa shape index (κ1) is 45.9. The molecule has 3 N–H and O–H groups in total. The molecule has 0 aliphatic carbocycles. The summed E-state index contributed by atoms with van der Waals surface area (Å²) in [6.07, 6.45) is 2.67. The van der Waals surface area contributed by atoms with Crippen LogP contribution in [0.2, 0.25) is 0 Å². The van der Waals surface area contributed by atoms with E-state index in [0.717, 1.165) is 29.0 Å². The standard InChI is InChI=1S/C46H53N4O10P/c1-4-7-11-24-40(41(5-2)50(33-51)60-46(54)49-37-22-16-10-17-23-37)44(52)47-32-48-45(53)43-26-25-42(59-43)36-27-38(56-6-3)29-39(28-36)61(55,57-30-34-18-12-8-13-19-34)58-31-35-20-14-9-15-21-35/h8-10,12-23,25-29,33,40-41H,4-7,11,24,30-32H2,1-3H3,(H,47,52)(H,48,53)(H,49,54)/t40-,41-/m1/s1. The second-order valence-electron chi connectivity index (χ2n) is 14.0. The van der Waals surface area contributed by atoms with E-state index >= 15 is 0 Å². The Hall–Kier alpha value is -6.21. The number of carbonyl (C=O) groups excluding carboxylic acids is 4. The maximum absolute atomic E-state index is 14.7. The Morgan fingerprint density at radius 2 is 1.43 bits per heavy atom. The monoisotopic (exact) mass is 852 g/mol. The number of unbranched alkanes of at least 4 members (excludes halogenated alkanes) is 2. The van der Waals surface area contributed by atoms with Gasteiger partial charge in [0.25, 0.3) is 5.91 Å². The molecule has 15 heteroatoms. The van der Waals surface area contributed by atoms with Gasteiger partial charge in [-0.15, -0.1) is 0 Å². The lowest BCUT2D eigenvalue weighted by molar-refractivity contribution is -0.167. The number of furan rings is 1. The summed E-state index contributed by atoms with van der Waals surface area (Å²) in [6.45, 7) is 5.76. The number of rotatable bonds is 24. The van der Waals surface area contributed by atoms with Gasteiger partial charge in [0, 0.05) is 11.3 Å². The van der Waals surface area contributed by atoms with Gasteiger partial charge in [0.15, 0.2) is 5.76 Å². The Bertz CT molecular complexity index is 2160. The summed E-state index contributed by atoms with van der Waals surface area (Å²) in [4.78, 5) is 57.2. The molecule has 61 heavy (non-hydrogen) atoms. The maximum Gasteiger partial charge on any atom is 0.436 e. The molecule has 5 aromatic rings. The highest BCUT2D eigenvalue weighted by atomic mass is 31.2. The Morgan fingerprint density at radius 3 is 2.02 bits per heavy atom. The van der Waals surface area contributed by atoms with E-state index in [1.807, 2.05) is 74.5 Å². The number of hydrogen-bond acceptors (Lipinski definition) is 10. The van der Waals surface area contributed by atoms with Crippen molar-refractivity contribution in [1.82, 2.24) is 15.7 Å². The van der Waals surface area contributed by atoms with Gasteiger partial charge in [-0.2, -0.15) is 5.06 Å². The predicted octanol–water partition coefficient (Wildman–Crippen LogP) is 9.00. The fraction of sp³-hybridized carbons (Fsp3) is 0.304. The van der Waals surface area contributed by atoms with Crippen molar-refractivity contribution in [3.63, 3.8) is 0 Å². The third-order valence-electron chi connectivity index (χ3n) is 9.61. The second-order valence-corrected chi connectivity index (χ2v) is 16.0. The Labute approximate surface area is 356 Å². The Morgan fingerprint density at radius 1 is 0.787 bits per heavy atom. The van der Waals surface area contributed by atoms with Gasteiger partial charge < -0.3 is 33.7 Å². The zero-order valence-electron chi connectivity index (χ0n) is 34.6. The minimum atomic E-state index is -3.99. The van der Waals surface area contributed by atoms with E-state index in [1.165, 1.54) is 6.07 Å². The van der Waals surface area contributed by atoms with Crippen molar-refractivity contribution < 1.29 is 46.8 Å². The predicted molar refractivity (Wildman–Crippen MR) is 232 cm³/mol. The van der Waals surface area contributed by atoms with Crippen LogP contribution in [0.5, 0.6) is 5.75 Å². The lowest BCUT2D eigenvalue weighted by atomic mass is 9.90. The van der Waals surface area contributed by atoms with Gasteiger partial charge in [-0.3, -0.25) is 24.3 Å². The highest BCUT2D eigenvalue weighted by Gasteiger charge is 2.34. The van der Waals surface area contributed by atoms with E-state index < -0.39 is 37.5 Å². The summed E-state index contributed by atoms with van der Waals surface area (Å²) in [5, 5.41) is 9.07. The fourth-order valence-corrected chi connectivity index (χ4v) is 8.11. The van der Waals surface area contributed by atoms with Crippen molar-refractivity contribution in [1.29, 1.82) is 0 Å². The van der Waals surface area contributed by atoms with E-state index in [4.69, 9.17) is 23.0 Å². The van der Waals surface area contributed by atoms with Crippen LogP contribution < -0.4 is 26.0 Å². The van der Waals surface area contributed by atoms with Crippen LogP contribution in [0.4, 0.5) is 10.5 Å². The number of carbonyl (C=O) groups is 4. The number of amides is 4. The van der Waals surface area contributed by atoms with Crippen molar-refractivity contribution in [2.24, 2.45) is 5.92 Å². The minimum Gasteiger partial charge on any atom is -0.494 e. The van der Waals surface area contributed by atoms with Crippen LogP contribution >= 0.6 is 7.60 Å². The van der Waals surface area contributed by atoms with E-state index in [2.05, 4.69) is 16.0 Å². The number of hydroxylamine groups is 2. The van der Waals surface area contributed by atoms with Gasteiger partial charge in [0.1, 0.15) is 11.5 Å². The van der Waals surface area contributed by atoms with Crippen LogP contribution in [-0.4, -0.2) is 48.7 Å². The van der Waals surface area contributed by atoms with Gasteiger partial charge in [-0.1, -0.05) is 112 Å². The number of nitrogens with one attached hydrogen (secondary N) is 3. The highest BCUT2D eigenvalue weighted by molar-refractivity contribution is 7.62. The smallest absolute Gasteiger partial charge is 0.436 e. The lowest BCUT2D eigenvalue weighted by Gasteiger charge is -2.31. The molecule has 0 bridgehead atoms. The van der Waals surface area contributed by atoms with Crippen LogP contribution in [0.15, 0.2) is 126 Å². The summed E-state index contributed by atoms with van der Waals surface area (Å²) < 4.78 is 38.7. The first-order chi connectivity index (χ1) is 29.7. The molecular formula is C46H53N4O10P. The van der Waals surface area contributed by atoms with Crippen LogP contribution in [0.25, 0.3) is 11.3 Å². The summed E-state index contributed by atoms with van der Waals surface area (Å²) in [5.41, 5.74) is 2.55. The average molecular weight is 853 g/mol. The quantitative estimate of drug-likeness (QED) is 0.0179. The molecule has 4 aromatic carbocycles. The summed E-state index contributed by atoms with van der Waals surface area (Å²) in [5.74, 6) is -1.18. The summed E-state index contributed by atoms with van der Waals surface area (Å²) >= 11 is 0. The topological polar surface area (TPSA) is 175 Å². The van der Waals surface area contributed by atoms with Crippen molar-refractivity contribution in [3.05, 3.63) is 138 Å². The maximum atomic E-state index is 14.7. The molecule has 1 heterocycles. The molecule has 0 saturated carbocycles. The number of ether oxygens (including phenoxy) is 1. The van der Waals surface area contributed by atoms with Crippen LogP contribution in [0.3, 0.4) is 0 Å². The van der Waals surface area contributed by atoms with Gasteiger partial charge in [0.2, 0.25) is 12.3 Å². The highest BCUT2D eigenvalue weighted by Crippen LogP contribution is 2.50. The van der Waals surface area contributed by atoms with Crippen LogP contribution in [0, 0.1) is 5.92 Å². The molecular weight excluding hydrogens is 799 g/mol. The molecule has 2 atom stereocenters. The third-order valence-corrected chi connectivity index (χ3v) is 11.4. The SMILES string of the molecule is CCCCC[C@@H](C(=O)NCNC(=O)c1ccc(-c2cc(OCC)cc(P(=O)(OCc3ccccc3)OCc3ccccc3)c2)o1)[C@@H](CC)N(C=O)OC(=O)Nc1ccccc1. The van der Waals surface area contributed by atoms with Crippen molar-refractivity contribution >= 4 is 42.9 Å². The summed E-state index contributed by atoms with van der Waals surface area (Å²) in [7, 11) is -3.99. The van der Waals surface area contributed by atoms with Crippen molar-refractivity contribution in [2.45, 2.75) is 72.1 Å². The summed E-state index contributed by atoms with van der Waals surface area (Å²) in [6, 6.07) is 34.6. The third kappa shape index (κ3) is 13.7. The van der Waals surface area contributed by atoms with Gasteiger partial charge in [0.05, 0.1) is 43.8 Å². The number of anilines is 1. The molecule has 14 nitrogen and oxygen atoms in total. The van der Waals surface area contributed by atoms with E-state index in [1.54, 1.807) is 61.5 Å². The lowest BCUT2D eigenvalue weighted by Crippen LogP contribution is -2.49. The molecule has 0 radical (unpaired) electrons. The van der Waals surface area contributed by atoms with E-state index in [0.29, 0.717) is 49.3 Å². The normalized spacial score (nSPS) is 12.1. The molecule has 5 rings (SSSR count). The second kappa shape index (κ2) is 23.5. The number of hydrogen-bond donors (Lipinski definition) is 3. The first-order valence-corrected chi connectivity index (χ1v) is 21.9. The van der Waals surface area contributed by atoms with Gasteiger partial charge in [-0.05, 0) is 73.4 Å². The molecule has 0 unspecified atom stereocenters. The zero-order chi connectivity index (χ0) is 43.5. The first-order valence-electron chi connectivity index (χ1n) is 20.3. The fourth-order valence-electron chi connectivity index (χ4n) is 6.51. The molecule has 0 fully saturated rings. The molecule has 0 aliphatic rings. The average Bonchev–Trinajstić information content (AvgIpc) is 3.79. The molecule has 4 amide bonds. The van der Waals surface area contributed by atoms with Crippen LogP contribution in [-0.2, 0) is 41.3 Å². The molecule has 0 spiro atoms. The minimum absolute atomic E-state index is 0.0241. The number of para-hydroxylation sites is 1. The van der Waals surface area contributed by atoms with E-state index in [9.17, 15) is 23.7 Å². The molecule has 322 valence electrons. The Kier molecular flexibility index (Phi) is 17.7. The van der Waals surface area contributed by atoms with Crippen molar-refractivity contribution in [2.75, 3.05) is 18.6 Å². The largest absolute Gasteiger partial charge is 0.494 e. The van der Waals surface area contributed by atoms with E-state index in [-0.39, 0.29) is 36.7 Å². The molecule has 0 saturated heterocycles. The number of benzene rings is 4. The van der Waals surface area contributed by atoms with Gasteiger partial charge >= 0.3 is 13.7 Å². The molecule has 1 aromatic heterocycles. The van der Waals surface area contributed by atoms with Crippen LogP contribution in [0.1, 0.15) is 74.6 Å². The van der Waals surface area contributed by atoms with Gasteiger partial charge in [-0.25, -0.2) is 4.79 Å². The Balaban J connectivity index is 1.28. The number of nitrogens with zero attached hydrogens (tertiary/aromatic N) is 1. The van der Waals surface area contributed by atoms with Crippen molar-refractivity contribution in [3.8, 4) is 17.1 Å². The molecule has 0 aliphatic heterocycles. The zero-order valence-corrected chi connectivity index (χ0v) is 35.5.